The summed E-state index contributed by atoms with van der Waals surface area (Å²) < 4.78 is 0. The van der Waals surface area contributed by atoms with E-state index in [4.69, 9.17) is 0 Å². The molecular weight excluding hydrogens is 300 g/mol. The maximum Gasteiger partial charge on any atom is 0.224 e. The second kappa shape index (κ2) is 10.8. The number of hydrogen-bond acceptors (Lipinski definition) is 2. The van der Waals surface area contributed by atoms with Crippen molar-refractivity contribution in [2.24, 2.45) is 0 Å². The summed E-state index contributed by atoms with van der Waals surface area (Å²) in [6, 6.07) is 7.78. The van der Waals surface area contributed by atoms with Crippen LogP contribution in [-0.2, 0) is 22.4 Å². The van der Waals surface area contributed by atoms with Crippen molar-refractivity contribution in [2.75, 3.05) is 13.1 Å². The fourth-order valence-electron chi connectivity index (χ4n) is 3.04. The second-order valence-electron chi connectivity index (χ2n) is 6.70. The lowest BCUT2D eigenvalue weighted by Gasteiger charge is -2.08. The summed E-state index contributed by atoms with van der Waals surface area (Å²) in [6.45, 7) is 1.55. The first-order chi connectivity index (χ1) is 11.7. The Balaban J connectivity index is 1.87. The second-order valence-corrected chi connectivity index (χ2v) is 6.70. The Hall–Kier alpha value is -1.84. The average molecular weight is 330 g/mol. The van der Waals surface area contributed by atoms with Crippen LogP contribution < -0.4 is 10.6 Å². The largest absolute Gasteiger partial charge is 0.356 e. The number of hydrogen-bond donors (Lipinski definition) is 2. The maximum atomic E-state index is 11.9. The zero-order chi connectivity index (χ0) is 17.0. The molecule has 2 aliphatic rings. The van der Waals surface area contributed by atoms with Crippen LogP contribution in [0.25, 0.3) is 0 Å². The molecule has 0 aromatic heterocycles. The van der Waals surface area contributed by atoms with Crippen molar-refractivity contribution in [2.45, 2.75) is 64.2 Å². The minimum Gasteiger partial charge on any atom is -0.356 e. The molecule has 0 atom stereocenters. The first-order valence-electron chi connectivity index (χ1n) is 9.35. The topological polar surface area (TPSA) is 58.2 Å². The van der Waals surface area contributed by atoms with Crippen LogP contribution in [0.5, 0.6) is 0 Å². The third-order valence-electron chi connectivity index (χ3n) is 4.50. The van der Waals surface area contributed by atoms with Gasteiger partial charge in [0.2, 0.25) is 11.8 Å². The van der Waals surface area contributed by atoms with Crippen molar-refractivity contribution >= 4 is 11.8 Å². The summed E-state index contributed by atoms with van der Waals surface area (Å²) in [4.78, 5) is 23.9. The molecule has 0 aliphatic carbocycles. The fraction of sp³-hybridized carbons (Fsp3) is 0.600. The van der Waals surface area contributed by atoms with Crippen LogP contribution in [0, 0.1) is 0 Å². The van der Waals surface area contributed by atoms with E-state index in [0.29, 0.717) is 12.8 Å². The van der Waals surface area contributed by atoms with Crippen LogP contribution in [0.1, 0.15) is 62.5 Å². The highest BCUT2D eigenvalue weighted by atomic mass is 16.2. The van der Waals surface area contributed by atoms with Gasteiger partial charge in [-0.15, -0.1) is 0 Å². The van der Waals surface area contributed by atoms with Crippen LogP contribution in [0.2, 0.25) is 0 Å². The molecule has 0 saturated heterocycles. The Morgan fingerprint density at radius 1 is 0.542 bits per heavy atom. The molecule has 132 valence electrons. The van der Waals surface area contributed by atoms with E-state index in [-0.39, 0.29) is 11.8 Å². The lowest BCUT2D eigenvalue weighted by Crippen LogP contribution is -2.26. The lowest BCUT2D eigenvalue weighted by atomic mass is 10.1. The number of fused-ring (bicyclic) bond motifs is 17. The van der Waals surface area contributed by atoms with Gasteiger partial charge in [0.25, 0.3) is 0 Å². The third kappa shape index (κ3) is 7.62. The number of amides is 2. The van der Waals surface area contributed by atoms with Gasteiger partial charge >= 0.3 is 0 Å². The summed E-state index contributed by atoms with van der Waals surface area (Å²) in [5.41, 5.74) is 1.98. The van der Waals surface area contributed by atoms with E-state index < -0.39 is 0 Å². The molecule has 0 spiro atoms. The van der Waals surface area contributed by atoms with Crippen molar-refractivity contribution in [3.63, 3.8) is 0 Å². The van der Waals surface area contributed by atoms with Crippen LogP contribution in [-0.4, -0.2) is 24.9 Å². The molecule has 3 rings (SSSR count). The van der Waals surface area contributed by atoms with Gasteiger partial charge in [-0.2, -0.15) is 0 Å². The van der Waals surface area contributed by atoms with Crippen LogP contribution in [0.15, 0.2) is 24.3 Å². The average Bonchev–Trinajstić information content (AvgIpc) is 2.57. The molecule has 0 saturated carbocycles. The van der Waals surface area contributed by atoms with E-state index in [1.54, 1.807) is 0 Å². The van der Waals surface area contributed by atoms with Gasteiger partial charge in [-0.1, -0.05) is 62.8 Å². The maximum absolute atomic E-state index is 11.9. The van der Waals surface area contributed by atoms with Crippen molar-refractivity contribution in [3.05, 3.63) is 35.4 Å². The quantitative estimate of drug-likeness (QED) is 0.768. The molecule has 2 aliphatic heterocycles. The third-order valence-corrected chi connectivity index (χ3v) is 4.50. The fourth-order valence-corrected chi connectivity index (χ4v) is 3.04. The highest BCUT2D eigenvalue weighted by molar-refractivity contribution is 5.79. The summed E-state index contributed by atoms with van der Waals surface area (Å²) in [5, 5.41) is 5.99. The van der Waals surface area contributed by atoms with Crippen LogP contribution in [0.4, 0.5) is 0 Å². The molecule has 2 amide bonds. The van der Waals surface area contributed by atoms with E-state index in [9.17, 15) is 9.59 Å². The molecule has 2 N–H and O–H groups in total. The highest BCUT2D eigenvalue weighted by Crippen LogP contribution is 2.09. The Bertz CT molecular complexity index is 464. The first kappa shape index (κ1) is 18.5. The molecule has 0 radical (unpaired) electrons. The molecule has 0 fully saturated rings. The number of rotatable bonds is 0. The van der Waals surface area contributed by atoms with Crippen molar-refractivity contribution in [3.8, 4) is 0 Å². The molecule has 0 unspecified atom stereocenters. The smallest absolute Gasteiger partial charge is 0.224 e. The minimum atomic E-state index is 0.0786. The van der Waals surface area contributed by atoms with Gasteiger partial charge in [-0.05, 0) is 24.0 Å². The molecule has 1 aromatic carbocycles. The summed E-state index contributed by atoms with van der Waals surface area (Å²) in [6.07, 6.45) is 10.4. The minimum absolute atomic E-state index is 0.0786. The number of benzene rings is 1. The van der Waals surface area contributed by atoms with Crippen molar-refractivity contribution in [1.29, 1.82) is 0 Å². The number of carbonyl (C=O) groups is 2. The predicted molar refractivity (Wildman–Crippen MR) is 96.8 cm³/mol. The molecule has 4 heteroatoms. The van der Waals surface area contributed by atoms with Crippen LogP contribution >= 0.6 is 0 Å². The molecule has 2 bridgehead atoms. The van der Waals surface area contributed by atoms with Crippen molar-refractivity contribution < 1.29 is 9.59 Å². The Labute approximate surface area is 145 Å². The standard InChI is InChI=1S/C20H30N2O2/c23-19-15-17-9-11-18(12-10-17)16-20(24)22-14-8-6-4-2-1-3-5-7-13-21-19/h9-12H,1-8,13-16H2,(H,21,23)(H,22,24). The van der Waals surface area contributed by atoms with Gasteiger partial charge in [-0.25, -0.2) is 0 Å². The molecule has 4 nitrogen and oxygen atoms in total. The number of nitrogens with one attached hydrogen (secondary N) is 2. The molecule has 24 heavy (non-hydrogen) atoms. The van der Waals surface area contributed by atoms with Crippen LogP contribution in [0.3, 0.4) is 0 Å². The Kier molecular flexibility index (Phi) is 8.36. The van der Waals surface area contributed by atoms with E-state index >= 15 is 0 Å². The Morgan fingerprint density at radius 2 is 0.875 bits per heavy atom. The van der Waals surface area contributed by atoms with Gasteiger partial charge < -0.3 is 10.6 Å². The van der Waals surface area contributed by atoms with E-state index in [1.165, 1.54) is 38.5 Å². The lowest BCUT2D eigenvalue weighted by molar-refractivity contribution is -0.121. The van der Waals surface area contributed by atoms with Gasteiger partial charge in [0, 0.05) is 13.1 Å². The SMILES string of the molecule is O=C1Cc2ccc(cc2)CC(=O)NCCCCCCCCCCN1. The van der Waals surface area contributed by atoms with E-state index in [1.807, 2.05) is 24.3 Å². The molecule has 1 aromatic rings. The molecular formula is C20H30N2O2. The monoisotopic (exact) mass is 330 g/mol. The summed E-state index contributed by atoms with van der Waals surface area (Å²) >= 11 is 0. The highest BCUT2D eigenvalue weighted by Gasteiger charge is 2.06. The predicted octanol–water partition coefficient (Wildman–Crippen LogP) is 3.14. The van der Waals surface area contributed by atoms with Gasteiger partial charge in [0.15, 0.2) is 0 Å². The normalized spacial score (nSPS) is 19.3. The van der Waals surface area contributed by atoms with Crippen molar-refractivity contribution in [1.82, 2.24) is 10.6 Å². The first-order valence-corrected chi connectivity index (χ1v) is 9.35. The van der Waals surface area contributed by atoms with Gasteiger partial charge in [-0.3, -0.25) is 9.59 Å². The summed E-state index contributed by atoms with van der Waals surface area (Å²) in [5.74, 6) is 0.157. The van der Waals surface area contributed by atoms with Gasteiger partial charge in [0.1, 0.15) is 0 Å². The number of carbonyl (C=O) groups excluding carboxylic acids is 2. The Morgan fingerprint density at radius 3 is 1.25 bits per heavy atom. The summed E-state index contributed by atoms with van der Waals surface area (Å²) in [7, 11) is 0. The molecule has 2 heterocycles. The zero-order valence-corrected chi connectivity index (χ0v) is 14.6. The van der Waals surface area contributed by atoms with Gasteiger partial charge in [0.05, 0.1) is 12.8 Å². The van der Waals surface area contributed by atoms with E-state index in [2.05, 4.69) is 10.6 Å². The van der Waals surface area contributed by atoms with E-state index in [0.717, 1.165) is 37.1 Å². The zero-order valence-electron chi connectivity index (χ0n) is 14.6.